The van der Waals surface area contributed by atoms with Gasteiger partial charge >= 0.3 is 0 Å². The average Bonchev–Trinajstić information content (AvgIpc) is 2.32. The molecule has 5 heteroatoms. The molecule has 1 aromatic rings. The van der Waals surface area contributed by atoms with Crippen molar-refractivity contribution in [3.63, 3.8) is 0 Å². The maximum absolute atomic E-state index is 12.5. The molecule has 1 atom stereocenters. The molecule has 0 spiro atoms. The van der Waals surface area contributed by atoms with Crippen molar-refractivity contribution in [3.05, 3.63) is 28.8 Å². The first kappa shape index (κ1) is 15.8. The lowest BCUT2D eigenvalue weighted by atomic mass is 10.1. The van der Waals surface area contributed by atoms with Crippen molar-refractivity contribution in [2.45, 2.75) is 19.9 Å². The van der Waals surface area contributed by atoms with Gasteiger partial charge in [0.1, 0.15) is 0 Å². The number of likely N-dealkylation sites (N-methyl/N-ethyl adjacent to an activating group) is 2. The van der Waals surface area contributed by atoms with Crippen LogP contribution in [-0.4, -0.2) is 48.9 Å². The van der Waals surface area contributed by atoms with E-state index in [1.807, 2.05) is 32.8 Å². The standard InChI is InChI=1S/C14H22ClN3O/c1-5-18(10(2)9-17(3)4)14(19)12-8-11(15)6-7-13(12)16/h6-8,10H,5,9,16H2,1-4H3. The van der Waals surface area contributed by atoms with E-state index < -0.39 is 0 Å². The zero-order chi connectivity index (χ0) is 14.6. The van der Waals surface area contributed by atoms with Crippen molar-refractivity contribution < 1.29 is 4.79 Å². The number of hydrogen-bond acceptors (Lipinski definition) is 3. The number of rotatable bonds is 5. The first-order valence-corrected chi connectivity index (χ1v) is 6.75. The molecule has 4 nitrogen and oxygen atoms in total. The fourth-order valence-corrected chi connectivity index (χ4v) is 2.32. The molecule has 0 saturated carbocycles. The van der Waals surface area contributed by atoms with Crippen molar-refractivity contribution in [1.82, 2.24) is 9.80 Å². The smallest absolute Gasteiger partial charge is 0.256 e. The van der Waals surface area contributed by atoms with Crippen molar-refractivity contribution in [2.24, 2.45) is 0 Å². The summed E-state index contributed by atoms with van der Waals surface area (Å²) in [5.41, 5.74) is 6.80. The second-order valence-electron chi connectivity index (χ2n) is 4.93. The summed E-state index contributed by atoms with van der Waals surface area (Å²) in [6, 6.07) is 5.10. The number of carbonyl (C=O) groups excluding carboxylic acids is 1. The SMILES string of the molecule is CCN(C(=O)c1cc(Cl)ccc1N)C(C)CN(C)C. The molecular weight excluding hydrogens is 262 g/mol. The fourth-order valence-electron chi connectivity index (χ4n) is 2.15. The lowest BCUT2D eigenvalue weighted by Gasteiger charge is -2.30. The van der Waals surface area contributed by atoms with E-state index in [0.717, 1.165) is 6.54 Å². The minimum atomic E-state index is -0.0724. The van der Waals surface area contributed by atoms with Crippen LogP contribution in [-0.2, 0) is 0 Å². The van der Waals surface area contributed by atoms with Gasteiger partial charge in [-0.1, -0.05) is 11.6 Å². The van der Waals surface area contributed by atoms with E-state index in [9.17, 15) is 4.79 Å². The van der Waals surface area contributed by atoms with Crippen LogP contribution >= 0.6 is 11.6 Å². The molecule has 19 heavy (non-hydrogen) atoms. The largest absolute Gasteiger partial charge is 0.398 e. The Balaban J connectivity index is 2.98. The number of halogens is 1. The van der Waals surface area contributed by atoms with Crippen LogP contribution in [0.2, 0.25) is 5.02 Å². The summed E-state index contributed by atoms with van der Waals surface area (Å²) >= 11 is 5.94. The number of nitrogen functional groups attached to an aromatic ring is 1. The van der Waals surface area contributed by atoms with E-state index in [4.69, 9.17) is 17.3 Å². The number of amides is 1. The number of hydrogen-bond donors (Lipinski definition) is 1. The highest BCUT2D eigenvalue weighted by Crippen LogP contribution is 2.20. The van der Waals surface area contributed by atoms with Crippen LogP contribution in [0.15, 0.2) is 18.2 Å². The predicted octanol–water partition coefficient (Wildman–Crippen LogP) is 2.33. The summed E-state index contributed by atoms with van der Waals surface area (Å²) in [6.45, 7) is 5.44. The molecule has 0 bridgehead atoms. The monoisotopic (exact) mass is 283 g/mol. The molecular formula is C14H22ClN3O. The molecule has 106 valence electrons. The molecule has 1 aromatic carbocycles. The summed E-state index contributed by atoms with van der Waals surface area (Å²) < 4.78 is 0. The summed E-state index contributed by atoms with van der Waals surface area (Å²) in [5, 5.41) is 0.522. The number of carbonyl (C=O) groups is 1. The molecule has 0 saturated heterocycles. The van der Waals surface area contributed by atoms with Crippen LogP contribution in [0, 0.1) is 0 Å². The van der Waals surface area contributed by atoms with Gasteiger partial charge in [-0.25, -0.2) is 0 Å². The highest BCUT2D eigenvalue weighted by Gasteiger charge is 2.22. The Morgan fingerprint density at radius 2 is 2.05 bits per heavy atom. The van der Waals surface area contributed by atoms with Crippen LogP contribution in [0.1, 0.15) is 24.2 Å². The van der Waals surface area contributed by atoms with E-state index in [-0.39, 0.29) is 11.9 Å². The minimum absolute atomic E-state index is 0.0724. The van der Waals surface area contributed by atoms with E-state index >= 15 is 0 Å². The van der Waals surface area contributed by atoms with Crippen molar-refractivity contribution in [2.75, 3.05) is 32.9 Å². The Morgan fingerprint density at radius 3 is 2.58 bits per heavy atom. The maximum atomic E-state index is 12.5. The molecule has 0 aliphatic rings. The second-order valence-corrected chi connectivity index (χ2v) is 5.37. The molecule has 0 aliphatic heterocycles. The molecule has 1 amide bonds. The number of nitrogens with zero attached hydrogens (tertiary/aromatic N) is 2. The molecule has 1 unspecified atom stereocenters. The van der Waals surface area contributed by atoms with Crippen molar-refractivity contribution >= 4 is 23.2 Å². The molecule has 0 aromatic heterocycles. The van der Waals surface area contributed by atoms with Gasteiger partial charge in [0, 0.05) is 29.8 Å². The minimum Gasteiger partial charge on any atom is -0.398 e. The third-order valence-corrected chi connectivity index (χ3v) is 3.24. The predicted molar refractivity (Wildman–Crippen MR) is 80.6 cm³/mol. The molecule has 0 heterocycles. The summed E-state index contributed by atoms with van der Waals surface area (Å²) in [4.78, 5) is 16.4. The quantitative estimate of drug-likeness (QED) is 0.844. The van der Waals surface area contributed by atoms with Crippen LogP contribution < -0.4 is 5.73 Å². The third kappa shape index (κ3) is 4.11. The normalized spacial score (nSPS) is 12.5. The van der Waals surface area contributed by atoms with Crippen molar-refractivity contribution in [3.8, 4) is 0 Å². The molecule has 0 radical (unpaired) electrons. The molecule has 0 fully saturated rings. The summed E-state index contributed by atoms with van der Waals surface area (Å²) in [6.07, 6.45) is 0. The van der Waals surface area contributed by atoms with E-state index in [2.05, 4.69) is 4.90 Å². The molecule has 1 rings (SSSR count). The van der Waals surface area contributed by atoms with Gasteiger partial charge in [-0.3, -0.25) is 4.79 Å². The van der Waals surface area contributed by atoms with Gasteiger partial charge in [0.2, 0.25) is 0 Å². The highest BCUT2D eigenvalue weighted by atomic mass is 35.5. The second kappa shape index (κ2) is 6.78. The van der Waals surface area contributed by atoms with Crippen molar-refractivity contribution in [1.29, 1.82) is 0 Å². The zero-order valence-electron chi connectivity index (χ0n) is 12.0. The summed E-state index contributed by atoms with van der Waals surface area (Å²) in [7, 11) is 3.98. The first-order chi connectivity index (χ1) is 8.86. The first-order valence-electron chi connectivity index (χ1n) is 6.37. The lowest BCUT2D eigenvalue weighted by Crippen LogP contribution is -2.43. The average molecular weight is 284 g/mol. The Bertz CT molecular complexity index is 448. The third-order valence-electron chi connectivity index (χ3n) is 3.01. The fraction of sp³-hybridized carbons (Fsp3) is 0.500. The maximum Gasteiger partial charge on any atom is 0.256 e. The Kier molecular flexibility index (Phi) is 5.63. The zero-order valence-corrected chi connectivity index (χ0v) is 12.7. The molecule has 0 aliphatic carbocycles. The Labute approximate surface area is 120 Å². The molecule has 2 N–H and O–H groups in total. The van der Waals surface area contributed by atoms with Crippen LogP contribution in [0.5, 0.6) is 0 Å². The Morgan fingerprint density at radius 1 is 1.42 bits per heavy atom. The lowest BCUT2D eigenvalue weighted by molar-refractivity contribution is 0.0680. The highest BCUT2D eigenvalue weighted by molar-refractivity contribution is 6.31. The van der Waals surface area contributed by atoms with Crippen LogP contribution in [0.25, 0.3) is 0 Å². The number of nitrogens with two attached hydrogens (primary N) is 1. The van der Waals surface area contributed by atoms with Gasteiger partial charge in [0.25, 0.3) is 5.91 Å². The van der Waals surface area contributed by atoms with Gasteiger partial charge in [0.15, 0.2) is 0 Å². The number of anilines is 1. The summed E-state index contributed by atoms with van der Waals surface area (Å²) in [5.74, 6) is -0.0724. The van der Waals surface area contributed by atoms with Crippen LogP contribution in [0.3, 0.4) is 0 Å². The van der Waals surface area contributed by atoms with E-state index in [1.54, 1.807) is 18.2 Å². The van der Waals surface area contributed by atoms with E-state index in [0.29, 0.717) is 22.8 Å². The van der Waals surface area contributed by atoms with Gasteiger partial charge in [-0.05, 0) is 46.1 Å². The topological polar surface area (TPSA) is 49.6 Å². The Hall–Kier alpha value is -1.26. The van der Waals surface area contributed by atoms with Gasteiger partial charge in [-0.2, -0.15) is 0 Å². The van der Waals surface area contributed by atoms with Gasteiger partial charge in [0.05, 0.1) is 5.56 Å². The van der Waals surface area contributed by atoms with Gasteiger partial charge < -0.3 is 15.5 Å². The van der Waals surface area contributed by atoms with Crippen LogP contribution in [0.4, 0.5) is 5.69 Å². The number of benzene rings is 1. The van der Waals surface area contributed by atoms with Gasteiger partial charge in [-0.15, -0.1) is 0 Å². The van der Waals surface area contributed by atoms with E-state index in [1.165, 1.54) is 0 Å².